The predicted molar refractivity (Wildman–Crippen MR) is 73.3 cm³/mol. The highest BCUT2D eigenvalue weighted by atomic mass is 35.5. The van der Waals surface area contributed by atoms with Crippen LogP contribution in [0.15, 0.2) is 41.4 Å². The van der Waals surface area contributed by atoms with E-state index < -0.39 is 9.84 Å². The number of halogens is 1. The lowest BCUT2D eigenvalue weighted by Crippen LogP contribution is -1.97. The van der Waals surface area contributed by atoms with E-state index in [0.717, 1.165) is 6.26 Å². The molecule has 0 saturated heterocycles. The molecule has 2 N–H and O–H groups in total. The number of anilines is 1. The number of benzene rings is 1. The van der Waals surface area contributed by atoms with Crippen molar-refractivity contribution in [2.24, 2.45) is 0 Å². The Morgan fingerprint density at radius 3 is 2.42 bits per heavy atom. The van der Waals surface area contributed by atoms with Crippen LogP contribution >= 0.6 is 11.6 Å². The Labute approximate surface area is 115 Å². The van der Waals surface area contributed by atoms with E-state index in [0.29, 0.717) is 16.5 Å². The first-order chi connectivity index (χ1) is 8.86. The summed E-state index contributed by atoms with van der Waals surface area (Å²) in [5.74, 6) is 0.658. The molecule has 100 valence electrons. The van der Waals surface area contributed by atoms with Gasteiger partial charge in [0.05, 0.1) is 15.6 Å². The molecule has 0 unspecified atom stereocenters. The molecule has 1 aromatic carbocycles. The Balaban J connectivity index is 2.25. The van der Waals surface area contributed by atoms with Gasteiger partial charge >= 0.3 is 0 Å². The van der Waals surface area contributed by atoms with Crippen LogP contribution in [0.25, 0.3) is 0 Å². The molecule has 0 spiro atoms. The van der Waals surface area contributed by atoms with Crippen LogP contribution in [-0.4, -0.2) is 19.7 Å². The molecule has 1 heterocycles. The fraction of sp³-hybridized carbons (Fsp3) is 0.0833. The molecule has 0 saturated carbocycles. The van der Waals surface area contributed by atoms with Gasteiger partial charge < -0.3 is 10.5 Å². The number of nitrogens with two attached hydrogens (primary N) is 1. The second kappa shape index (κ2) is 5.07. The van der Waals surface area contributed by atoms with Gasteiger partial charge in [-0.05, 0) is 30.3 Å². The van der Waals surface area contributed by atoms with Crippen LogP contribution in [0.3, 0.4) is 0 Å². The third kappa shape index (κ3) is 3.36. The molecule has 0 bridgehead atoms. The summed E-state index contributed by atoms with van der Waals surface area (Å²) in [6, 6.07) is 7.50. The van der Waals surface area contributed by atoms with E-state index in [1.54, 1.807) is 0 Å². The summed E-state index contributed by atoms with van der Waals surface area (Å²) in [5, 5.41) is 0.414. The number of ether oxygens (including phenoxy) is 1. The second-order valence-electron chi connectivity index (χ2n) is 3.89. The predicted octanol–water partition coefficient (Wildman–Crippen LogP) is 2.51. The van der Waals surface area contributed by atoms with Gasteiger partial charge in [-0.15, -0.1) is 0 Å². The van der Waals surface area contributed by atoms with Crippen molar-refractivity contribution in [1.29, 1.82) is 0 Å². The SMILES string of the molecule is CS(=O)(=O)c1ccc(Oc2ncc(Cl)cc2N)cc1. The number of nitrogens with zero attached hydrogens (tertiary/aromatic N) is 1. The third-order valence-corrected chi connectivity index (χ3v) is 3.65. The van der Waals surface area contributed by atoms with Gasteiger partial charge in [0.15, 0.2) is 9.84 Å². The topological polar surface area (TPSA) is 82.3 Å². The van der Waals surface area contributed by atoms with Gasteiger partial charge in [0.1, 0.15) is 5.75 Å². The molecule has 0 radical (unpaired) electrons. The Hall–Kier alpha value is -1.79. The van der Waals surface area contributed by atoms with Crippen molar-refractivity contribution < 1.29 is 13.2 Å². The maximum atomic E-state index is 11.3. The van der Waals surface area contributed by atoms with Gasteiger partial charge in [-0.3, -0.25) is 0 Å². The minimum absolute atomic E-state index is 0.219. The maximum absolute atomic E-state index is 11.3. The number of sulfone groups is 1. The minimum Gasteiger partial charge on any atom is -0.437 e. The van der Waals surface area contributed by atoms with Crippen molar-refractivity contribution in [3.8, 4) is 11.6 Å². The lowest BCUT2D eigenvalue weighted by molar-refractivity contribution is 0.465. The van der Waals surface area contributed by atoms with Gasteiger partial charge in [0.2, 0.25) is 5.88 Å². The first-order valence-corrected chi connectivity index (χ1v) is 7.52. The average molecular weight is 299 g/mol. The summed E-state index contributed by atoms with van der Waals surface area (Å²) in [6.07, 6.45) is 2.56. The zero-order valence-corrected chi connectivity index (χ0v) is 11.6. The number of rotatable bonds is 3. The highest BCUT2D eigenvalue weighted by Gasteiger charge is 2.08. The number of pyridine rings is 1. The summed E-state index contributed by atoms with van der Waals surface area (Å²) < 4.78 is 28.1. The normalized spacial score (nSPS) is 11.3. The van der Waals surface area contributed by atoms with E-state index in [1.807, 2.05) is 0 Å². The molecule has 0 aliphatic carbocycles. The zero-order valence-electron chi connectivity index (χ0n) is 10.00. The Morgan fingerprint density at radius 2 is 1.89 bits per heavy atom. The molecule has 19 heavy (non-hydrogen) atoms. The molecule has 7 heteroatoms. The highest BCUT2D eigenvalue weighted by Crippen LogP contribution is 2.27. The average Bonchev–Trinajstić information content (AvgIpc) is 2.32. The zero-order chi connectivity index (χ0) is 14.0. The van der Waals surface area contributed by atoms with Crippen molar-refractivity contribution >= 4 is 27.1 Å². The van der Waals surface area contributed by atoms with Gasteiger partial charge in [0, 0.05) is 12.5 Å². The van der Waals surface area contributed by atoms with E-state index in [2.05, 4.69) is 4.98 Å². The van der Waals surface area contributed by atoms with Crippen molar-refractivity contribution in [3.05, 3.63) is 41.6 Å². The van der Waals surface area contributed by atoms with Gasteiger partial charge in [-0.25, -0.2) is 13.4 Å². The first kappa shape index (κ1) is 13.6. The van der Waals surface area contributed by atoms with Crippen LogP contribution in [0.4, 0.5) is 5.69 Å². The lowest BCUT2D eigenvalue weighted by atomic mass is 10.3. The summed E-state index contributed by atoms with van der Waals surface area (Å²) in [4.78, 5) is 4.17. The highest BCUT2D eigenvalue weighted by molar-refractivity contribution is 7.90. The van der Waals surface area contributed by atoms with Crippen LogP contribution in [0, 0.1) is 0 Å². The lowest BCUT2D eigenvalue weighted by Gasteiger charge is -2.07. The minimum atomic E-state index is -3.22. The van der Waals surface area contributed by atoms with Crippen LogP contribution < -0.4 is 10.5 Å². The van der Waals surface area contributed by atoms with Gasteiger partial charge in [-0.1, -0.05) is 11.6 Å². The summed E-state index contributed by atoms with van der Waals surface area (Å²) in [7, 11) is -3.22. The standard InChI is InChI=1S/C12H11ClN2O3S/c1-19(16,17)10-4-2-9(3-5-10)18-12-11(14)6-8(13)7-15-12/h2-7H,14H2,1H3. The van der Waals surface area contributed by atoms with E-state index in [1.165, 1.54) is 36.5 Å². The molecule has 2 rings (SSSR count). The molecule has 2 aromatic rings. The summed E-state index contributed by atoms with van der Waals surface area (Å²) >= 11 is 5.73. The van der Waals surface area contributed by atoms with E-state index in [9.17, 15) is 8.42 Å². The Kier molecular flexibility index (Phi) is 3.64. The summed E-state index contributed by atoms with van der Waals surface area (Å²) in [5.41, 5.74) is 6.01. The molecule has 0 atom stereocenters. The fourth-order valence-corrected chi connectivity index (χ4v) is 2.19. The maximum Gasteiger partial charge on any atom is 0.242 e. The third-order valence-electron chi connectivity index (χ3n) is 2.31. The molecular formula is C12H11ClN2O3S. The van der Waals surface area contributed by atoms with Crippen LogP contribution in [0.2, 0.25) is 5.02 Å². The fourth-order valence-electron chi connectivity index (χ4n) is 1.39. The van der Waals surface area contributed by atoms with Crippen molar-refractivity contribution in [1.82, 2.24) is 4.98 Å². The van der Waals surface area contributed by atoms with Crippen molar-refractivity contribution in [3.63, 3.8) is 0 Å². The van der Waals surface area contributed by atoms with Gasteiger partial charge in [0.25, 0.3) is 0 Å². The molecular weight excluding hydrogens is 288 g/mol. The van der Waals surface area contributed by atoms with Crippen LogP contribution in [-0.2, 0) is 9.84 Å². The second-order valence-corrected chi connectivity index (χ2v) is 6.35. The number of nitrogen functional groups attached to an aromatic ring is 1. The number of hydrogen-bond donors (Lipinski definition) is 1. The molecule has 0 amide bonds. The van der Waals surface area contributed by atoms with Crippen LogP contribution in [0.5, 0.6) is 11.6 Å². The van der Waals surface area contributed by atoms with E-state index >= 15 is 0 Å². The Morgan fingerprint density at radius 1 is 1.26 bits per heavy atom. The van der Waals surface area contributed by atoms with Crippen molar-refractivity contribution in [2.45, 2.75) is 4.90 Å². The van der Waals surface area contributed by atoms with Gasteiger partial charge in [-0.2, -0.15) is 0 Å². The monoisotopic (exact) mass is 298 g/mol. The van der Waals surface area contributed by atoms with Crippen molar-refractivity contribution in [2.75, 3.05) is 12.0 Å². The molecule has 0 fully saturated rings. The smallest absolute Gasteiger partial charge is 0.242 e. The molecule has 1 aromatic heterocycles. The molecule has 0 aliphatic heterocycles. The van der Waals surface area contributed by atoms with E-state index in [4.69, 9.17) is 22.1 Å². The number of hydrogen-bond acceptors (Lipinski definition) is 5. The Bertz CT molecular complexity index is 699. The largest absolute Gasteiger partial charge is 0.437 e. The van der Waals surface area contributed by atoms with E-state index in [-0.39, 0.29) is 10.8 Å². The van der Waals surface area contributed by atoms with Crippen LogP contribution in [0.1, 0.15) is 0 Å². The quantitative estimate of drug-likeness (QED) is 0.941. The number of aromatic nitrogens is 1. The summed E-state index contributed by atoms with van der Waals surface area (Å²) in [6.45, 7) is 0. The molecule has 5 nitrogen and oxygen atoms in total. The molecule has 0 aliphatic rings. The first-order valence-electron chi connectivity index (χ1n) is 5.25.